The van der Waals surface area contributed by atoms with Crippen molar-refractivity contribution in [3.8, 4) is 5.75 Å². The van der Waals surface area contributed by atoms with Gasteiger partial charge in [0.15, 0.2) is 0 Å². The van der Waals surface area contributed by atoms with Gasteiger partial charge in [-0.25, -0.2) is 13.1 Å². The largest absolute Gasteiger partial charge is 0.489 e. The highest BCUT2D eigenvalue weighted by Crippen LogP contribution is 2.26. The lowest BCUT2D eigenvalue weighted by molar-refractivity contribution is -0.115. The molecule has 2 rings (SSSR count). The summed E-state index contributed by atoms with van der Waals surface area (Å²) in [6.07, 6.45) is -0.0508. The molecule has 24 heavy (non-hydrogen) atoms. The van der Waals surface area contributed by atoms with Crippen molar-refractivity contribution in [1.82, 2.24) is 4.72 Å². The van der Waals surface area contributed by atoms with Crippen molar-refractivity contribution in [2.75, 3.05) is 11.9 Å². The molecular formula is C15H17ClN2O4S2. The summed E-state index contributed by atoms with van der Waals surface area (Å²) in [5.74, 6) is 0.0229. The molecule has 0 atom stereocenters. The molecule has 1 amide bonds. The van der Waals surface area contributed by atoms with Crippen molar-refractivity contribution in [2.45, 2.75) is 24.2 Å². The number of thiophene rings is 1. The van der Waals surface area contributed by atoms with Crippen LogP contribution in [0.4, 0.5) is 5.69 Å². The number of sulfonamides is 1. The van der Waals surface area contributed by atoms with E-state index in [9.17, 15) is 13.2 Å². The molecule has 9 heteroatoms. The zero-order valence-corrected chi connectivity index (χ0v) is 15.5. The molecule has 0 aliphatic rings. The average Bonchev–Trinajstić information content (AvgIpc) is 2.94. The molecule has 1 aromatic heterocycles. The second-order valence-corrected chi connectivity index (χ2v) is 8.80. The van der Waals surface area contributed by atoms with E-state index >= 15 is 0 Å². The summed E-state index contributed by atoms with van der Waals surface area (Å²) in [4.78, 5) is 12.0. The number of rotatable bonds is 7. The number of para-hydroxylation sites is 2. The van der Waals surface area contributed by atoms with Gasteiger partial charge in [-0.15, -0.1) is 11.3 Å². The third kappa shape index (κ3) is 5.20. The first kappa shape index (κ1) is 18.7. The molecular weight excluding hydrogens is 372 g/mol. The number of halogens is 1. The maximum Gasteiger partial charge on any atom is 0.250 e. The van der Waals surface area contributed by atoms with Crippen LogP contribution in [0.15, 0.2) is 40.6 Å². The molecule has 0 aliphatic carbocycles. The number of nitrogens with one attached hydrogen (secondary N) is 2. The van der Waals surface area contributed by atoms with E-state index in [2.05, 4.69) is 10.0 Å². The zero-order chi connectivity index (χ0) is 17.7. The Kier molecular flexibility index (Phi) is 6.22. The number of anilines is 1. The molecule has 1 aromatic carbocycles. The molecule has 0 spiro atoms. The highest BCUT2D eigenvalue weighted by Gasteiger charge is 2.18. The minimum atomic E-state index is -3.76. The molecule has 0 bridgehead atoms. The van der Waals surface area contributed by atoms with E-state index in [0.717, 1.165) is 11.3 Å². The second-order valence-electron chi connectivity index (χ2n) is 5.09. The van der Waals surface area contributed by atoms with Crippen LogP contribution >= 0.6 is 22.9 Å². The molecule has 1 heterocycles. The number of hydrogen-bond acceptors (Lipinski definition) is 5. The normalized spacial score (nSPS) is 11.5. The van der Waals surface area contributed by atoms with E-state index in [1.165, 1.54) is 12.1 Å². The summed E-state index contributed by atoms with van der Waals surface area (Å²) >= 11 is 6.65. The van der Waals surface area contributed by atoms with E-state index in [1.54, 1.807) is 24.3 Å². The van der Waals surface area contributed by atoms with Crippen LogP contribution in [0.1, 0.15) is 13.8 Å². The van der Waals surface area contributed by atoms with Crippen molar-refractivity contribution >= 4 is 44.6 Å². The molecule has 0 fully saturated rings. The predicted octanol–water partition coefficient (Wildman–Crippen LogP) is 3.11. The van der Waals surface area contributed by atoms with E-state index in [0.29, 0.717) is 15.8 Å². The van der Waals surface area contributed by atoms with Crippen LogP contribution in [0.3, 0.4) is 0 Å². The predicted molar refractivity (Wildman–Crippen MR) is 95.4 cm³/mol. The number of carbonyl (C=O) groups excluding carboxylic acids is 1. The first-order valence-corrected chi connectivity index (χ1v) is 9.76. The van der Waals surface area contributed by atoms with Crippen LogP contribution < -0.4 is 14.8 Å². The summed E-state index contributed by atoms with van der Waals surface area (Å²) < 4.78 is 32.4. The maximum atomic E-state index is 12.1. The van der Waals surface area contributed by atoms with Gasteiger partial charge in [0.2, 0.25) is 5.91 Å². The minimum absolute atomic E-state index is 0.0508. The molecule has 2 N–H and O–H groups in total. The molecule has 6 nitrogen and oxygen atoms in total. The fourth-order valence-corrected chi connectivity index (χ4v) is 4.30. The Morgan fingerprint density at radius 2 is 1.96 bits per heavy atom. The van der Waals surface area contributed by atoms with Gasteiger partial charge in [0.05, 0.1) is 22.7 Å². The SMILES string of the molecule is CC(C)Oc1ccccc1NC(=O)CNS(=O)(=O)c1ccc(Cl)s1. The molecule has 2 aromatic rings. The number of benzene rings is 1. The van der Waals surface area contributed by atoms with Crippen molar-refractivity contribution < 1.29 is 17.9 Å². The average molecular weight is 389 g/mol. The standard InChI is InChI=1S/C15H17ClN2O4S2/c1-10(2)22-12-6-4-3-5-11(12)18-14(19)9-17-24(20,21)15-8-7-13(16)23-15/h3-8,10,17H,9H2,1-2H3,(H,18,19). The van der Waals surface area contributed by atoms with Crippen molar-refractivity contribution in [3.63, 3.8) is 0 Å². The highest BCUT2D eigenvalue weighted by molar-refractivity contribution is 7.91. The molecule has 0 radical (unpaired) electrons. The number of ether oxygens (including phenoxy) is 1. The molecule has 0 saturated heterocycles. The maximum absolute atomic E-state index is 12.1. The summed E-state index contributed by atoms with van der Waals surface area (Å²) in [6, 6.07) is 9.83. The topological polar surface area (TPSA) is 84.5 Å². The summed E-state index contributed by atoms with van der Waals surface area (Å²) in [7, 11) is -3.76. The van der Waals surface area contributed by atoms with Gasteiger partial charge < -0.3 is 10.1 Å². The van der Waals surface area contributed by atoms with Crippen LogP contribution in [0, 0.1) is 0 Å². The third-order valence-electron chi connectivity index (χ3n) is 2.76. The lowest BCUT2D eigenvalue weighted by Gasteiger charge is -2.14. The molecule has 0 aliphatic heterocycles. The van der Waals surface area contributed by atoms with E-state index < -0.39 is 22.5 Å². The van der Waals surface area contributed by atoms with Gasteiger partial charge in [0, 0.05) is 0 Å². The Morgan fingerprint density at radius 1 is 1.25 bits per heavy atom. The summed E-state index contributed by atoms with van der Waals surface area (Å²) in [6.45, 7) is 3.35. The van der Waals surface area contributed by atoms with E-state index in [1.807, 2.05) is 13.8 Å². The summed E-state index contributed by atoms with van der Waals surface area (Å²) in [5.41, 5.74) is 0.481. The van der Waals surface area contributed by atoms with Crippen LogP contribution in [-0.4, -0.2) is 27.0 Å². The lowest BCUT2D eigenvalue weighted by atomic mass is 10.3. The van der Waals surface area contributed by atoms with Crippen LogP contribution in [0.25, 0.3) is 0 Å². The van der Waals surface area contributed by atoms with Gasteiger partial charge >= 0.3 is 0 Å². The number of amides is 1. The third-order valence-corrected chi connectivity index (χ3v) is 5.88. The Hall–Kier alpha value is -1.61. The molecule has 0 saturated carbocycles. The molecule has 130 valence electrons. The van der Waals surface area contributed by atoms with Crippen LogP contribution in [0.2, 0.25) is 4.34 Å². The minimum Gasteiger partial charge on any atom is -0.489 e. The van der Waals surface area contributed by atoms with Gasteiger partial charge in [0.25, 0.3) is 10.0 Å². The van der Waals surface area contributed by atoms with Gasteiger partial charge in [-0.3, -0.25) is 4.79 Å². The zero-order valence-electron chi connectivity index (χ0n) is 13.1. The van der Waals surface area contributed by atoms with Crippen LogP contribution in [-0.2, 0) is 14.8 Å². The Labute approximate surface area is 149 Å². The quantitative estimate of drug-likeness (QED) is 0.763. The monoisotopic (exact) mass is 388 g/mol. The summed E-state index contributed by atoms with van der Waals surface area (Å²) in [5, 5.41) is 2.63. The number of carbonyl (C=O) groups is 1. The van der Waals surface area contributed by atoms with Crippen molar-refractivity contribution in [3.05, 3.63) is 40.7 Å². The Balaban J connectivity index is 1.99. The number of hydrogen-bond donors (Lipinski definition) is 2. The smallest absolute Gasteiger partial charge is 0.250 e. The fraction of sp³-hybridized carbons (Fsp3) is 0.267. The lowest BCUT2D eigenvalue weighted by Crippen LogP contribution is -2.32. The highest BCUT2D eigenvalue weighted by atomic mass is 35.5. The van der Waals surface area contributed by atoms with Gasteiger partial charge in [-0.2, -0.15) is 0 Å². The van der Waals surface area contributed by atoms with Crippen molar-refractivity contribution in [2.24, 2.45) is 0 Å². The first-order chi connectivity index (χ1) is 11.3. The van der Waals surface area contributed by atoms with Crippen LogP contribution in [0.5, 0.6) is 5.75 Å². The van der Waals surface area contributed by atoms with Gasteiger partial charge in [-0.05, 0) is 38.1 Å². The second kappa shape index (κ2) is 7.98. The van der Waals surface area contributed by atoms with Gasteiger partial charge in [-0.1, -0.05) is 23.7 Å². The first-order valence-electron chi connectivity index (χ1n) is 7.08. The van der Waals surface area contributed by atoms with Gasteiger partial charge in [0.1, 0.15) is 9.96 Å². The Bertz CT molecular complexity index is 818. The van der Waals surface area contributed by atoms with E-state index in [-0.39, 0.29) is 10.3 Å². The van der Waals surface area contributed by atoms with Crippen molar-refractivity contribution in [1.29, 1.82) is 0 Å². The Morgan fingerprint density at radius 3 is 2.58 bits per heavy atom. The fourth-order valence-electron chi connectivity index (χ4n) is 1.79. The van der Waals surface area contributed by atoms with E-state index in [4.69, 9.17) is 16.3 Å². The molecule has 0 unspecified atom stereocenters.